The van der Waals surface area contributed by atoms with Gasteiger partial charge in [-0.25, -0.2) is 14.7 Å². The summed E-state index contributed by atoms with van der Waals surface area (Å²) in [4.78, 5) is 22.1. The Balaban J connectivity index is 1.62. The summed E-state index contributed by atoms with van der Waals surface area (Å²) < 4.78 is 7.08. The number of methoxy groups -OCH3 is 1. The Hall–Kier alpha value is -3.52. The molecule has 0 unspecified atom stereocenters. The molecule has 0 atom stereocenters. The number of nitrogens with zero attached hydrogens (tertiary/aromatic N) is 5. The van der Waals surface area contributed by atoms with Gasteiger partial charge in [0.1, 0.15) is 11.6 Å². The predicted octanol–water partition coefficient (Wildman–Crippen LogP) is 5.37. The van der Waals surface area contributed by atoms with E-state index in [0.29, 0.717) is 12.4 Å². The van der Waals surface area contributed by atoms with Crippen LogP contribution in [0.3, 0.4) is 0 Å². The standard InChI is InChI=1S/C24H23N5O2S/c1-4-32-22-12-5-16-15-28(19-8-11-21-17(13-19)14-27(2)26-21)24(30)29(23(16)25-22)18-6-9-20(31-3)10-7-18/h5-14H,4,15H2,1-3H3. The number of aromatic nitrogens is 3. The number of hydrogen-bond donors (Lipinski definition) is 0. The molecular formula is C24H23N5O2S. The van der Waals surface area contributed by atoms with E-state index in [1.54, 1.807) is 33.4 Å². The number of urea groups is 1. The van der Waals surface area contributed by atoms with Gasteiger partial charge in [-0.05, 0) is 54.3 Å². The summed E-state index contributed by atoms with van der Waals surface area (Å²) in [5.41, 5.74) is 3.46. The number of hydrogen-bond acceptors (Lipinski definition) is 5. The minimum Gasteiger partial charge on any atom is -0.497 e. The van der Waals surface area contributed by atoms with Crippen molar-refractivity contribution in [3.8, 4) is 5.75 Å². The number of carbonyl (C=O) groups excluding carboxylic acids is 1. The topological polar surface area (TPSA) is 63.5 Å². The van der Waals surface area contributed by atoms with Gasteiger partial charge in [0.2, 0.25) is 0 Å². The van der Waals surface area contributed by atoms with E-state index in [4.69, 9.17) is 9.72 Å². The van der Waals surface area contributed by atoms with Crippen molar-refractivity contribution in [2.45, 2.75) is 18.5 Å². The van der Waals surface area contributed by atoms with E-state index in [2.05, 4.69) is 18.1 Å². The molecule has 162 valence electrons. The van der Waals surface area contributed by atoms with Crippen molar-refractivity contribution in [1.29, 1.82) is 0 Å². The van der Waals surface area contributed by atoms with Gasteiger partial charge in [-0.3, -0.25) is 9.58 Å². The second-order valence-electron chi connectivity index (χ2n) is 7.51. The van der Waals surface area contributed by atoms with E-state index < -0.39 is 0 Å². The molecule has 4 aromatic rings. The van der Waals surface area contributed by atoms with Crippen LogP contribution in [0, 0.1) is 0 Å². The summed E-state index contributed by atoms with van der Waals surface area (Å²) in [6.45, 7) is 2.55. The average molecular weight is 446 g/mol. The molecule has 0 fully saturated rings. The van der Waals surface area contributed by atoms with E-state index in [-0.39, 0.29) is 6.03 Å². The quantitative estimate of drug-likeness (QED) is 0.387. The number of amides is 2. The van der Waals surface area contributed by atoms with Gasteiger partial charge in [0, 0.05) is 29.9 Å². The zero-order valence-electron chi connectivity index (χ0n) is 18.1. The van der Waals surface area contributed by atoms with Crippen molar-refractivity contribution in [3.05, 3.63) is 66.4 Å². The van der Waals surface area contributed by atoms with Gasteiger partial charge in [-0.1, -0.05) is 13.0 Å². The number of anilines is 3. The number of thioether (sulfide) groups is 1. The number of pyridine rings is 1. The maximum atomic E-state index is 13.8. The Labute approximate surface area is 190 Å². The molecule has 2 amide bonds. The summed E-state index contributed by atoms with van der Waals surface area (Å²) in [6.07, 6.45) is 1.96. The van der Waals surface area contributed by atoms with Crippen molar-refractivity contribution in [2.75, 3.05) is 22.7 Å². The Morgan fingerprint density at radius 3 is 2.59 bits per heavy atom. The molecule has 32 heavy (non-hydrogen) atoms. The molecule has 2 aromatic carbocycles. The van der Waals surface area contributed by atoms with Crippen LogP contribution in [0.2, 0.25) is 0 Å². The summed E-state index contributed by atoms with van der Waals surface area (Å²) in [5.74, 6) is 2.33. The normalized spacial score (nSPS) is 13.5. The lowest BCUT2D eigenvalue weighted by Gasteiger charge is -2.36. The van der Waals surface area contributed by atoms with Crippen LogP contribution in [0.5, 0.6) is 5.75 Å². The van der Waals surface area contributed by atoms with Gasteiger partial charge in [0.05, 0.1) is 29.9 Å². The SMILES string of the molecule is CCSc1ccc2c(n1)N(c1ccc(OC)cc1)C(=O)N(c1ccc3nn(C)cc3c1)C2. The van der Waals surface area contributed by atoms with Crippen LogP contribution in [-0.4, -0.2) is 33.7 Å². The average Bonchev–Trinajstić information content (AvgIpc) is 3.18. The fourth-order valence-electron chi connectivity index (χ4n) is 3.92. The first-order chi connectivity index (χ1) is 15.6. The van der Waals surface area contributed by atoms with Crippen LogP contribution in [0.4, 0.5) is 22.0 Å². The molecule has 0 saturated carbocycles. The maximum absolute atomic E-state index is 13.8. The van der Waals surface area contributed by atoms with Crippen LogP contribution in [0.15, 0.2) is 65.8 Å². The zero-order chi connectivity index (χ0) is 22.2. The van der Waals surface area contributed by atoms with E-state index in [1.807, 2.05) is 61.8 Å². The third-order valence-electron chi connectivity index (χ3n) is 5.43. The fraction of sp³-hybridized carbons (Fsp3) is 0.208. The molecule has 0 saturated heterocycles. The third-order valence-corrected chi connectivity index (χ3v) is 6.24. The van der Waals surface area contributed by atoms with Crippen LogP contribution in [0.25, 0.3) is 10.9 Å². The van der Waals surface area contributed by atoms with Crippen LogP contribution in [0.1, 0.15) is 12.5 Å². The second-order valence-corrected chi connectivity index (χ2v) is 8.80. The molecule has 2 aromatic heterocycles. The molecule has 0 spiro atoms. The largest absolute Gasteiger partial charge is 0.497 e. The van der Waals surface area contributed by atoms with Gasteiger partial charge in [0.15, 0.2) is 0 Å². The van der Waals surface area contributed by atoms with Gasteiger partial charge in [0.25, 0.3) is 0 Å². The van der Waals surface area contributed by atoms with Crippen molar-refractivity contribution in [3.63, 3.8) is 0 Å². The van der Waals surface area contributed by atoms with Crippen molar-refractivity contribution in [2.24, 2.45) is 7.05 Å². The molecule has 7 nitrogen and oxygen atoms in total. The number of rotatable bonds is 5. The number of carbonyl (C=O) groups is 1. The molecule has 0 bridgehead atoms. The van der Waals surface area contributed by atoms with Gasteiger partial charge in [-0.2, -0.15) is 5.10 Å². The molecule has 8 heteroatoms. The maximum Gasteiger partial charge on any atom is 0.335 e. The smallest absolute Gasteiger partial charge is 0.335 e. The summed E-state index contributed by atoms with van der Waals surface area (Å²) in [5, 5.41) is 6.34. The molecular weight excluding hydrogens is 422 g/mol. The lowest BCUT2D eigenvalue weighted by Crippen LogP contribution is -2.45. The molecule has 1 aliphatic heterocycles. The number of aryl methyl sites for hydroxylation is 1. The highest BCUT2D eigenvalue weighted by molar-refractivity contribution is 7.99. The Kier molecular flexibility index (Phi) is 5.22. The molecule has 0 aliphatic carbocycles. The highest BCUT2D eigenvalue weighted by Crippen LogP contribution is 2.38. The Morgan fingerprint density at radius 1 is 1.06 bits per heavy atom. The summed E-state index contributed by atoms with van der Waals surface area (Å²) >= 11 is 1.66. The highest BCUT2D eigenvalue weighted by atomic mass is 32.2. The van der Waals surface area contributed by atoms with Gasteiger partial charge < -0.3 is 4.74 Å². The van der Waals surface area contributed by atoms with Crippen molar-refractivity contribution >= 4 is 45.9 Å². The Morgan fingerprint density at radius 2 is 1.84 bits per heavy atom. The lowest BCUT2D eigenvalue weighted by atomic mass is 10.1. The van der Waals surface area contributed by atoms with Crippen LogP contribution < -0.4 is 14.5 Å². The fourth-order valence-corrected chi connectivity index (χ4v) is 4.54. The lowest BCUT2D eigenvalue weighted by molar-refractivity contribution is 0.252. The first kappa shape index (κ1) is 20.4. The van der Waals surface area contributed by atoms with E-state index >= 15 is 0 Å². The molecule has 0 N–H and O–H groups in total. The van der Waals surface area contributed by atoms with Crippen molar-refractivity contribution in [1.82, 2.24) is 14.8 Å². The number of fused-ring (bicyclic) bond motifs is 2. The van der Waals surface area contributed by atoms with Crippen LogP contribution in [-0.2, 0) is 13.6 Å². The number of ether oxygens (including phenoxy) is 1. The monoisotopic (exact) mass is 445 g/mol. The van der Waals surface area contributed by atoms with Crippen molar-refractivity contribution < 1.29 is 9.53 Å². The Bertz CT molecular complexity index is 1300. The first-order valence-electron chi connectivity index (χ1n) is 10.4. The molecule has 5 rings (SSSR count). The van der Waals surface area contributed by atoms with E-state index in [9.17, 15) is 4.79 Å². The third kappa shape index (κ3) is 3.56. The first-order valence-corrected chi connectivity index (χ1v) is 11.4. The molecule has 1 aliphatic rings. The predicted molar refractivity (Wildman–Crippen MR) is 128 cm³/mol. The van der Waals surface area contributed by atoms with E-state index in [0.717, 1.165) is 44.4 Å². The zero-order valence-corrected chi connectivity index (χ0v) is 19.0. The van der Waals surface area contributed by atoms with E-state index in [1.165, 1.54) is 0 Å². The highest BCUT2D eigenvalue weighted by Gasteiger charge is 2.34. The summed E-state index contributed by atoms with van der Waals surface area (Å²) in [7, 11) is 3.52. The molecule has 3 heterocycles. The minimum absolute atomic E-state index is 0.142. The van der Waals surface area contributed by atoms with Crippen LogP contribution >= 0.6 is 11.8 Å². The summed E-state index contributed by atoms with van der Waals surface area (Å²) in [6, 6.07) is 17.3. The van der Waals surface area contributed by atoms with Gasteiger partial charge in [-0.15, -0.1) is 11.8 Å². The van der Waals surface area contributed by atoms with Gasteiger partial charge >= 0.3 is 6.03 Å². The number of benzene rings is 2. The second kappa shape index (κ2) is 8.20. The molecule has 0 radical (unpaired) electrons. The minimum atomic E-state index is -0.142.